The van der Waals surface area contributed by atoms with Gasteiger partial charge in [0, 0.05) is 18.3 Å². The lowest BCUT2D eigenvalue weighted by atomic mass is 9.96. The first-order valence-corrected chi connectivity index (χ1v) is 7.53. The van der Waals surface area contributed by atoms with Crippen molar-refractivity contribution in [3.63, 3.8) is 0 Å². The zero-order valence-electron chi connectivity index (χ0n) is 15.0. The number of aryl methyl sites for hydroxylation is 1. The fourth-order valence-electron chi connectivity index (χ4n) is 1.18. The summed E-state index contributed by atoms with van der Waals surface area (Å²) in [4.78, 5) is 7.59. The summed E-state index contributed by atoms with van der Waals surface area (Å²) in [5, 5.41) is 6.90. The molecule has 0 aliphatic carbocycles. The van der Waals surface area contributed by atoms with Gasteiger partial charge in [0.05, 0.1) is 0 Å². The Balaban J connectivity index is 0.000000392. The Morgan fingerprint density at radius 1 is 0.957 bits per heavy atom. The van der Waals surface area contributed by atoms with Crippen LogP contribution in [0, 0.1) is 6.92 Å². The van der Waals surface area contributed by atoms with Gasteiger partial charge in [0.25, 0.3) is 0 Å². The zero-order chi connectivity index (χ0) is 18.2. The second-order valence-electron chi connectivity index (χ2n) is 5.83. The first-order chi connectivity index (χ1) is 10.6. The summed E-state index contributed by atoms with van der Waals surface area (Å²) in [6.45, 7) is 15.8. The summed E-state index contributed by atoms with van der Waals surface area (Å²) in [7, 11) is 0. The fraction of sp³-hybridized carbons (Fsp3) is 0.733. The molecule has 0 radical (unpaired) electrons. The first kappa shape index (κ1) is 21.1. The molecular weight excluding hydrogens is 306 g/mol. The van der Waals surface area contributed by atoms with Gasteiger partial charge in [0.15, 0.2) is 5.82 Å². The predicted molar refractivity (Wildman–Crippen MR) is 82.4 cm³/mol. The smallest absolute Gasteiger partial charge is 0.300 e. The van der Waals surface area contributed by atoms with Gasteiger partial charge < -0.3 is 9.05 Å². The van der Waals surface area contributed by atoms with Gasteiger partial charge in [-0.25, -0.2) is 8.78 Å². The Morgan fingerprint density at radius 3 is 1.74 bits per heavy atom. The van der Waals surface area contributed by atoms with Crippen molar-refractivity contribution in [1.82, 2.24) is 20.3 Å². The van der Waals surface area contributed by atoms with Crippen molar-refractivity contribution in [2.45, 2.75) is 73.1 Å². The van der Waals surface area contributed by atoms with E-state index < -0.39 is 12.2 Å². The molecule has 0 saturated carbocycles. The van der Waals surface area contributed by atoms with Crippen molar-refractivity contribution in [2.75, 3.05) is 0 Å². The monoisotopic (exact) mass is 332 g/mol. The van der Waals surface area contributed by atoms with Crippen LogP contribution in [0.2, 0.25) is 0 Å². The van der Waals surface area contributed by atoms with Gasteiger partial charge in [0.2, 0.25) is 17.6 Å². The van der Waals surface area contributed by atoms with Gasteiger partial charge in [-0.15, -0.1) is 0 Å². The van der Waals surface area contributed by atoms with E-state index in [1.807, 2.05) is 27.7 Å². The lowest BCUT2D eigenvalue weighted by molar-refractivity contribution is 0.136. The minimum Gasteiger partial charge on any atom is -0.339 e. The lowest BCUT2D eigenvalue weighted by Crippen LogP contribution is -2.13. The van der Waals surface area contributed by atoms with E-state index in [0.717, 1.165) is 11.7 Å². The van der Waals surface area contributed by atoms with Crippen LogP contribution < -0.4 is 0 Å². The van der Waals surface area contributed by atoms with Gasteiger partial charge in [-0.05, 0) is 0 Å². The minimum absolute atomic E-state index is 0.0172. The maximum absolute atomic E-state index is 11.6. The highest BCUT2D eigenvalue weighted by Gasteiger charge is 2.21. The van der Waals surface area contributed by atoms with Crippen LogP contribution in [0.1, 0.15) is 84.2 Å². The fourth-order valence-corrected chi connectivity index (χ4v) is 1.18. The SMILES string of the molecule is CC.CC(C)c1nc(C(C)(C)C)no1.Cc1nc(C(F)F)no1. The lowest BCUT2D eigenvalue weighted by Gasteiger charge is -2.10. The molecule has 0 spiro atoms. The molecule has 6 nitrogen and oxygen atoms in total. The van der Waals surface area contributed by atoms with Crippen molar-refractivity contribution < 1.29 is 17.8 Å². The van der Waals surface area contributed by atoms with Gasteiger partial charge in [-0.3, -0.25) is 0 Å². The van der Waals surface area contributed by atoms with Crippen LogP contribution in [0.3, 0.4) is 0 Å². The molecule has 23 heavy (non-hydrogen) atoms. The number of hydrogen-bond acceptors (Lipinski definition) is 6. The molecule has 8 heteroatoms. The highest BCUT2D eigenvalue weighted by molar-refractivity contribution is 5.01. The maximum Gasteiger partial charge on any atom is 0.300 e. The van der Waals surface area contributed by atoms with E-state index in [1.54, 1.807) is 0 Å². The van der Waals surface area contributed by atoms with Crippen LogP contribution in [-0.4, -0.2) is 20.3 Å². The molecule has 0 bridgehead atoms. The molecule has 2 aromatic rings. The molecule has 2 heterocycles. The Morgan fingerprint density at radius 2 is 1.52 bits per heavy atom. The number of rotatable bonds is 2. The maximum atomic E-state index is 11.6. The molecule has 0 aliphatic heterocycles. The second-order valence-corrected chi connectivity index (χ2v) is 5.83. The molecule has 0 saturated heterocycles. The minimum atomic E-state index is -2.64. The summed E-state index contributed by atoms with van der Waals surface area (Å²) in [5.41, 5.74) is -0.0172. The van der Waals surface area contributed by atoms with Crippen molar-refractivity contribution in [1.29, 1.82) is 0 Å². The third-order valence-electron chi connectivity index (χ3n) is 2.34. The zero-order valence-corrected chi connectivity index (χ0v) is 15.0. The Kier molecular flexibility index (Phi) is 8.56. The van der Waals surface area contributed by atoms with E-state index >= 15 is 0 Å². The highest BCUT2D eigenvalue weighted by atomic mass is 19.3. The molecule has 0 fully saturated rings. The van der Waals surface area contributed by atoms with Crippen molar-refractivity contribution in [3.8, 4) is 0 Å². The summed E-state index contributed by atoms with van der Waals surface area (Å²) < 4.78 is 32.6. The van der Waals surface area contributed by atoms with Crippen LogP contribution in [0.5, 0.6) is 0 Å². The van der Waals surface area contributed by atoms with E-state index in [4.69, 9.17) is 4.52 Å². The largest absolute Gasteiger partial charge is 0.339 e. The molecule has 0 aliphatic rings. The topological polar surface area (TPSA) is 77.8 Å². The summed E-state index contributed by atoms with van der Waals surface area (Å²) in [6.07, 6.45) is -2.64. The standard InChI is InChI=1S/C9H16N2O.C4H4F2N2O.C2H6/c1-6(2)7-10-8(11-12-7)9(3,4)5;1-2-7-4(3(5)6)8-9-2;1-2/h6H,1-5H3;3H,1H3;1-2H3. The van der Waals surface area contributed by atoms with Crippen molar-refractivity contribution in [3.05, 3.63) is 23.4 Å². The molecule has 2 rings (SSSR count). The Labute approximate surface area is 135 Å². The van der Waals surface area contributed by atoms with Crippen molar-refractivity contribution >= 4 is 0 Å². The quantitative estimate of drug-likeness (QED) is 0.783. The molecule has 0 aromatic carbocycles. The van der Waals surface area contributed by atoms with E-state index in [-0.39, 0.29) is 11.3 Å². The van der Waals surface area contributed by atoms with E-state index in [9.17, 15) is 8.78 Å². The van der Waals surface area contributed by atoms with E-state index in [0.29, 0.717) is 5.92 Å². The van der Waals surface area contributed by atoms with Crippen LogP contribution >= 0.6 is 0 Å². The second kappa shape index (κ2) is 9.32. The first-order valence-electron chi connectivity index (χ1n) is 7.53. The summed E-state index contributed by atoms with van der Waals surface area (Å²) in [6, 6.07) is 0. The number of alkyl halides is 2. The number of aromatic nitrogens is 4. The average Bonchev–Trinajstić information content (AvgIpc) is 3.09. The molecule has 0 amide bonds. The molecule has 0 N–H and O–H groups in total. The number of nitrogens with zero attached hydrogens (tertiary/aromatic N) is 4. The number of hydrogen-bond donors (Lipinski definition) is 0. The highest BCUT2D eigenvalue weighted by Crippen LogP contribution is 2.20. The van der Waals surface area contributed by atoms with Crippen LogP contribution in [-0.2, 0) is 5.41 Å². The van der Waals surface area contributed by atoms with Crippen molar-refractivity contribution in [2.24, 2.45) is 0 Å². The van der Waals surface area contributed by atoms with Gasteiger partial charge in [-0.1, -0.05) is 58.8 Å². The van der Waals surface area contributed by atoms with Gasteiger partial charge >= 0.3 is 6.43 Å². The van der Waals surface area contributed by atoms with Gasteiger partial charge in [-0.2, -0.15) is 9.97 Å². The molecular formula is C15H26F2N4O2. The Bertz CT molecular complexity index is 560. The van der Waals surface area contributed by atoms with Gasteiger partial charge in [0.1, 0.15) is 0 Å². The number of halogens is 2. The van der Waals surface area contributed by atoms with Crippen LogP contribution in [0.25, 0.3) is 0 Å². The van der Waals surface area contributed by atoms with Crippen LogP contribution in [0.15, 0.2) is 9.05 Å². The summed E-state index contributed by atoms with van der Waals surface area (Å²) in [5.74, 6) is 1.43. The third-order valence-corrected chi connectivity index (χ3v) is 2.34. The van der Waals surface area contributed by atoms with Crippen LogP contribution in [0.4, 0.5) is 8.78 Å². The molecule has 132 valence electrons. The molecule has 2 aromatic heterocycles. The van der Waals surface area contributed by atoms with E-state index in [1.165, 1.54) is 6.92 Å². The molecule has 0 unspecified atom stereocenters. The summed E-state index contributed by atoms with van der Waals surface area (Å²) >= 11 is 0. The average molecular weight is 332 g/mol. The Hall–Kier alpha value is -1.86. The molecule has 0 atom stereocenters. The third kappa shape index (κ3) is 7.30. The predicted octanol–water partition coefficient (Wildman–Crippen LogP) is 4.83. The normalized spacial score (nSPS) is 11.0. The van der Waals surface area contributed by atoms with E-state index in [2.05, 4.69) is 45.6 Å².